The van der Waals surface area contributed by atoms with E-state index in [-0.39, 0.29) is 19.0 Å². The molecule has 0 bridgehead atoms. The third-order valence-corrected chi connectivity index (χ3v) is 5.89. The minimum Gasteiger partial charge on any atom is -0.465 e. The van der Waals surface area contributed by atoms with Gasteiger partial charge in [0.05, 0.1) is 24.3 Å². The van der Waals surface area contributed by atoms with E-state index < -0.39 is 6.09 Å². The fraction of sp³-hybridized carbons (Fsp3) is 0.391. The van der Waals surface area contributed by atoms with E-state index in [4.69, 9.17) is 9.97 Å². The minimum absolute atomic E-state index is 0.0811. The molecule has 178 valence electrons. The average Bonchev–Trinajstić information content (AvgIpc) is 3.43. The molecule has 0 aromatic carbocycles. The van der Waals surface area contributed by atoms with E-state index >= 15 is 0 Å². The zero-order valence-corrected chi connectivity index (χ0v) is 19.8. The molecule has 2 amide bonds. The molecule has 1 aliphatic rings. The van der Waals surface area contributed by atoms with Gasteiger partial charge < -0.3 is 19.5 Å². The SMILES string of the molecule is CCCn1cnnc1-c1cccc(N2Cc3c(cc(N(C)CC)nc3CN(C)C(=O)O)C2=O)n1. The molecule has 4 heterocycles. The maximum atomic E-state index is 13.5. The van der Waals surface area contributed by atoms with Crippen molar-refractivity contribution in [3.05, 3.63) is 47.4 Å². The van der Waals surface area contributed by atoms with Gasteiger partial charge in [-0.2, -0.15) is 0 Å². The summed E-state index contributed by atoms with van der Waals surface area (Å²) >= 11 is 0. The molecule has 3 aromatic heterocycles. The van der Waals surface area contributed by atoms with Crippen molar-refractivity contribution in [2.75, 3.05) is 30.4 Å². The van der Waals surface area contributed by atoms with Gasteiger partial charge >= 0.3 is 6.09 Å². The molecule has 3 aromatic rings. The molecular formula is C23H28N8O3. The number of carbonyl (C=O) groups excluding carboxylic acids is 1. The van der Waals surface area contributed by atoms with Crippen molar-refractivity contribution in [1.29, 1.82) is 0 Å². The van der Waals surface area contributed by atoms with Gasteiger partial charge in [0.25, 0.3) is 5.91 Å². The van der Waals surface area contributed by atoms with Crippen LogP contribution in [0.1, 0.15) is 41.9 Å². The number of hydrogen-bond donors (Lipinski definition) is 1. The summed E-state index contributed by atoms with van der Waals surface area (Å²) in [6.45, 7) is 5.86. The number of hydrogen-bond acceptors (Lipinski definition) is 7. The van der Waals surface area contributed by atoms with E-state index in [0.29, 0.717) is 46.5 Å². The Morgan fingerprint density at radius 2 is 2.00 bits per heavy atom. The molecule has 1 N–H and O–H groups in total. The molecule has 0 radical (unpaired) electrons. The van der Waals surface area contributed by atoms with Gasteiger partial charge in [0.2, 0.25) is 0 Å². The lowest BCUT2D eigenvalue weighted by Crippen LogP contribution is -2.26. The third-order valence-electron chi connectivity index (χ3n) is 5.89. The summed E-state index contributed by atoms with van der Waals surface area (Å²) in [6.07, 6.45) is 1.54. The van der Waals surface area contributed by atoms with Gasteiger partial charge in [-0.05, 0) is 31.5 Å². The third kappa shape index (κ3) is 4.28. The van der Waals surface area contributed by atoms with Gasteiger partial charge in [-0.25, -0.2) is 14.8 Å². The van der Waals surface area contributed by atoms with Crippen LogP contribution in [0.15, 0.2) is 30.6 Å². The summed E-state index contributed by atoms with van der Waals surface area (Å²) in [6, 6.07) is 7.24. The van der Waals surface area contributed by atoms with Crippen LogP contribution in [-0.2, 0) is 19.6 Å². The van der Waals surface area contributed by atoms with Crippen LogP contribution in [0.3, 0.4) is 0 Å². The highest BCUT2D eigenvalue weighted by Crippen LogP contribution is 2.32. The lowest BCUT2D eigenvalue weighted by Gasteiger charge is -2.20. The van der Waals surface area contributed by atoms with E-state index in [1.54, 1.807) is 23.4 Å². The number of nitrogens with zero attached hydrogens (tertiary/aromatic N) is 8. The van der Waals surface area contributed by atoms with Crippen molar-refractivity contribution in [2.24, 2.45) is 0 Å². The van der Waals surface area contributed by atoms with Crippen molar-refractivity contribution in [2.45, 2.75) is 39.9 Å². The maximum Gasteiger partial charge on any atom is 0.407 e. The van der Waals surface area contributed by atoms with Gasteiger partial charge in [0.1, 0.15) is 23.7 Å². The largest absolute Gasteiger partial charge is 0.465 e. The molecule has 0 saturated carbocycles. The van der Waals surface area contributed by atoms with Gasteiger partial charge in [0, 0.05) is 32.7 Å². The maximum absolute atomic E-state index is 13.5. The molecule has 1 aliphatic heterocycles. The number of amides is 2. The first kappa shape index (κ1) is 23.1. The first-order chi connectivity index (χ1) is 16.3. The van der Waals surface area contributed by atoms with Gasteiger partial charge in [-0.15, -0.1) is 10.2 Å². The highest BCUT2D eigenvalue weighted by molar-refractivity contribution is 6.10. The van der Waals surface area contributed by atoms with E-state index in [9.17, 15) is 14.7 Å². The van der Waals surface area contributed by atoms with Crippen LogP contribution in [0.5, 0.6) is 0 Å². The van der Waals surface area contributed by atoms with Crippen LogP contribution in [0.2, 0.25) is 0 Å². The van der Waals surface area contributed by atoms with Crippen molar-refractivity contribution >= 4 is 23.6 Å². The zero-order valence-electron chi connectivity index (χ0n) is 19.8. The summed E-state index contributed by atoms with van der Waals surface area (Å²) in [7, 11) is 3.37. The number of carboxylic acid groups (broad SMARTS) is 1. The summed E-state index contributed by atoms with van der Waals surface area (Å²) < 4.78 is 1.93. The van der Waals surface area contributed by atoms with E-state index in [1.165, 1.54) is 7.05 Å². The molecule has 0 unspecified atom stereocenters. The summed E-state index contributed by atoms with van der Waals surface area (Å²) in [5, 5.41) is 17.6. The second kappa shape index (κ2) is 9.46. The van der Waals surface area contributed by atoms with Crippen molar-refractivity contribution < 1.29 is 14.7 Å². The number of pyridine rings is 2. The Balaban J connectivity index is 1.72. The molecule has 4 rings (SSSR count). The summed E-state index contributed by atoms with van der Waals surface area (Å²) in [5.41, 5.74) is 2.42. The normalized spacial score (nSPS) is 12.7. The highest BCUT2D eigenvalue weighted by Gasteiger charge is 2.33. The Kier molecular flexibility index (Phi) is 6.44. The second-order valence-corrected chi connectivity index (χ2v) is 8.23. The molecule has 0 aliphatic carbocycles. The molecular weight excluding hydrogens is 436 g/mol. The Morgan fingerprint density at radius 3 is 2.71 bits per heavy atom. The molecule has 11 nitrogen and oxygen atoms in total. The lowest BCUT2D eigenvalue weighted by atomic mass is 10.1. The van der Waals surface area contributed by atoms with E-state index in [0.717, 1.165) is 17.9 Å². The van der Waals surface area contributed by atoms with Crippen molar-refractivity contribution in [1.82, 2.24) is 29.6 Å². The Bertz CT molecular complexity index is 1220. The fourth-order valence-electron chi connectivity index (χ4n) is 3.87. The monoisotopic (exact) mass is 464 g/mol. The number of anilines is 2. The molecule has 0 fully saturated rings. The molecule has 11 heteroatoms. The number of aromatic nitrogens is 5. The van der Waals surface area contributed by atoms with Crippen LogP contribution in [-0.4, -0.2) is 67.4 Å². The zero-order chi connectivity index (χ0) is 24.4. The van der Waals surface area contributed by atoms with E-state index in [2.05, 4.69) is 17.1 Å². The van der Waals surface area contributed by atoms with Crippen LogP contribution >= 0.6 is 0 Å². The Hall–Kier alpha value is -4.02. The number of rotatable bonds is 8. The highest BCUT2D eigenvalue weighted by atomic mass is 16.4. The van der Waals surface area contributed by atoms with E-state index in [1.807, 2.05) is 35.6 Å². The predicted molar refractivity (Wildman–Crippen MR) is 127 cm³/mol. The summed E-state index contributed by atoms with van der Waals surface area (Å²) in [4.78, 5) is 39.0. The van der Waals surface area contributed by atoms with Gasteiger partial charge in [-0.1, -0.05) is 13.0 Å². The van der Waals surface area contributed by atoms with Crippen LogP contribution in [0.25, 0.3) is 11.5 Å². The fourth-order valence-corrected chi connectivity index (χ4v) is 3.87. The smallest absolute Gasteiger partial charge is 0.407 e. The quantitative estimate of drug-likeness (QED) is 0.540. The van der Waals surface area contributed by atoms with Gasteiger partial charge in [0.15, 0.2) is 5.82 Å². The van der Waals surface area contributed by atoms with Crippen molar-refractivity contribution in [3.63, 3.8) is 0 Å². The van der Waals surface area contributed by atoms with Crippen molar-refractivity contribution in [3.8, 4) is 11.5 Å². The van der Waals surface area contributed by atoms with Crippen LogP contribution in [0.4, 0.5) is 16.4 Å². The number of aryl methyl sites for hydroxylation is 1. The minimum atomic E-state index is -1.06. The lowest BCUT2D eigenvalue weighted by molar-refractivity contribution is 0.0996. The summed E-state index contributed by atoms with van der Waals surface area (Å²) in [5.74, 6) is 1.57. The predicted octanol–water partition coefficient (Wildman–Crippen LogP) is 2.87. The number of carbonyl (C=O) groups is 2. The Morgan fingerprint density at radius 1 is 1.21 bits per heavy atom. The second-order valence-electron chi connectivity index (χ2n) is 8.23. The topological polar surface area (TPSA) is 121 Å². The standard InChI is InChI=1S/C23H28N8O3/c1-5-10-30-14-24-27-21(30)17-8-7-9-19(25-17)31-12-16-15(22(31)32)11-20(28(3)6-2)26-18(16)13-29(4)23(33)34/h7-9,11,14H,5-6,10,12-13H2,1-4H3,(H,33,34). The Labute approximate surface area is 197 Å². The molecule has 0 saturated heterocycles. The van der Waals surface area contributed by atoms with Gasteiger partial charge in [-0.3, -0.25) is 9.69 Å². The van der Waals surface area contributed by atoms with Crippen LogP contribution < -0.4 is 9.80 Å². The van der Waals surface area contributed by atoms with Crippen LogP contribution in [0, 0.1) is 0 Å². The molecule has 0 atom stereocenters. The average molecular weight is 465 g/mol. The molecule has 0 spiro atoms. The molecule has 34 heavy (non-hydrogen) atoms. The first-order valence-corrected chi connectivity index (χ1v) is 11.2. The first-order valence-electron chi connectivity index (χ1n) is 11.2. The number of fused-ring (bicyclic) bond motifs is 1.